The molecule has 0 atom stereocenters. The fraction of sp³-hybridized carbons (Fsp3) is 0.304. The molecule has 1 aliphatic heterocycles. The van der Waals surface area contributed by atoms with Crippen LogP contribution < -0.4 is 15.8 Å². The highest BCUT2D eigenvalue weighted by Crippen LogP contribution is 2.17. The number of hydrogen-bond acceptors (Lipinski definition) is 5. The molecule has 30 heavy (non-hydrogen) atoms. The van der Waals surface area contributed by atoms with E-state index in [1.54, 1.807) is 18.3 Å². The van der Waals surface area contributed by atoms with Gasteiger partial charge in [0, 0.05) is 31.9 Å². The molecule has 1 N–H and O–H groups in total. The number of hydrogen-bond donors (Lipinski definition) is 1. The van der Waals surface area contributed by atoms with Crippen molar-refractivity contribution in [2.75, 3.05) is 18.0 Å². The zero-order valence-electron chi connectivity index (χ0n) is 16.8. The molecule has 0 aliphatic carbocycles. The number of carbonyl (C=O) groups excluding carboxylic acids is 1. The van der Waals surface area contributed by atoms with Crippen molar-refractivity contribution >= 4 is 11.7 Å². The van der Waals surface area contributed by atoms with Crippen molar-refractivity contribution in [1.29, 1.82) is 0 Å². The van der Waals surface area contributed by atoms with Crippen LogP contribution in [0.3, 0.4) is 0 Å². The number of nitrogens with one attached hydrogen (secondary N) is 1. The van der Waals surface area contributed by atoms with Gasteiger partial charge in [-0.2, -0.15) is 9.78 Å². The lowest BCUT2D eigenvalue weighted by atomic mass is 10.2. The predicted molar refractivity (Wildman–Crippen MR) is 116 cm³/mol. The van der Waals surface area contributed by atoms with Crippen LogP contribution in [0.25, 0.3) is 5.69 Å². The molecule has 2 aromatic heterocycles. The number of rotatable bonds is 5. The Kier molecular flexibility index (Phi) is 6.17. The van der Waals surface area contributed by atoms with E-state index < -0.39 is 0 Å². The average molecular weight is 403 g/mol. The van der Waals surface area contributed by atoms with Crippen LogP contribution in [0, 0.1) is 0 Å². The van der Waals surface area contributed by atoms with Crippen LogP contribution in [0.5, 0.6) is 0 Å². The second kappa shape index (κ2) is 9.35. The highest BCUT2D eigenvalue weighted by atomic mass is 16.2. The molecule has 0 bridgehead atoms. The molecule has 0 saturated carbocycles. The van der Waals surface area contributed by atoms with Crippen molar-refractivity contribution in [2.24, 2.45) is 0 Å². The summed E-state index contributed by atoms with van der Waals surface area (Å²) in [5.74, 6) is 0.653. The normalized spacial score (nSPS) is 14.2. The molecule has 1 saturated heterocycles. The van der Waals surface area contributed by atoms with Gasteiger partial charge < -0.3 is 10.2 Å². The molecule has 1 aliphatic rings. The number of para-hydroxylation sites is 1. The maximum Gasteiger partial charge on any atom is 0.272 e. The largest absolute Gasteiger partial charge is 0.357 e. The molecule has 0 unspecified atom stereocenters. The van der Waals surface area contributed by atoms with Gasteiger partial charge in [0.05, 0.1) is 5.69 Å². The van der Waals surface area contributed by atoms with Crippen LogP contribution in [0.15, 0.2) is 65.6 Å². The highest BCUT2D eigenvalue weighted by molar-refractivity contribution is 5.92. The molecule has 3 heterocycles. The summed E-state index contributed by atoms with van der Waals surface area (Å²) < 4.78 is 1.23. The third-order valence-electron chi connectivity index (χ3n) is 5.23. The first-order valence-electron chi connectivity index (χ1n) is 10.3. The third kappa shape index (κ3) is 4.74. The van der Waals surface area contributed by atoms with E-state index >= 15 is 0 Å². The van der Waals surface area contributed by atoms with E-state index in [1.165, 1.54) is 42.5 Å². The van der Waals surface area contributed by atoms with Gasteiger partial charge in [0.2, 0.25) is 0 Å². The predicted octanol–water partition coefficient (Wildman–Crippen LogP) is 2.94. The van der Waals surface area contributed by atoms with Gasteiger partial charge in [0.1, 0.15) is 11.5 Å². The number of carbonyl (C=O) groups is 1. The standard InChI is InChI=1S/C23H25N5O2/c29-22-13-11-20(26-28(22)19-8-4-3-5-9-19)23(30)25-17-18-10-12-21(24-16-18)27-14-6-1-2-7-15-27/h3-5,8-13,16H,1-2,6-7,14-15,17H2,(H,25,30). The Morgan fingerprint density at radius 1 is 0.933 bits per heavy atom. The Morgan fingerprint density at radius 2 is 1.70 bits per heavy atom. The summed E-state index contributed by atoms with van der Waals surface area (Å²) in [6.07, 6.45) is 6.78. The number of amides is 1. The van der Waals surface area contributed by atoms with Gasteiger partial charge in [-0.1, -0.05) is 37.1 Å². The Hall–Kier alpha value is -3.48. The molecular formula is C23H25N5O2. The second-order valence-electron chi connectivity index (χ2n) is 7.41. The number of nitrogens with zero attached hydrogens (tertiary/aromatic N) is 4. The summed E-state index contributed by atoms with van der Waals surface area (Å²) in [5.41, 5.74) is 1.43. The second-order valence-corrected chi connectivity index (χ2v) is 7.41. The summed E-state index contributed by atoms with van der Waals surface area (Å²) in [7, 11) is 0. The fourth-order valence-corrected chi connectivity index (χ4v) is 3.57. The van der Waals surface area contributed by atoms with Crippen molar-refractivity contribution in [2.45, 2.75) is 32.2 Å². The zero-order chi connectivity index (χ0) is 20.8. The first-order valence-corrected chi connectivity index (χ1v) is 10.3. The molecule has 154 valence electrons. The van der Waals surface area contributed by atoms with E-state index in [-0.39, 0.29) is 17.2 Å². The Bertz CT molecular complexity index is 1040. The molecule has 0 radical (unpaired) electrons. The van der Waals surface area contributed by atoms with Crippen LogP contribution in [-0.2, 0) is 6.54 Å². The molecular weight excluding hydrogens is 378 g/mol. The summed E-state index contributed by atoms with van der Waals surface area (Å²) in [5, 5.41) is 7.06. The van der Waals surface area contributed by atoms with E-state index in [0.29, 0.717) is 12.2 Å². The minimum absolute atomic E-state index is 0.188. The van der Waals surface area contributed by atoms with Gasteiger partial charge in [0.25, 0.3) is 11.5 Å². The Labute approximate surface area is 175 Å². The summed E-state index contributed by atoms with van der Waals surface area (Å²) in [6, 6.07) is 15.8. The minimum atomic E-state index is -0.337. The van der Waals surface area contributed by atoms with E-state index in [0.717, 1.165) is 24.5 Å². The maximum atomic E-state index is 12.5. The van der Waals surface area contributed by atoms with Crippen molar-refractivity contribution in [3.63, 3.8) is 0 Å². The Balaban J connectivity index is 1.40. The first kappa shape index (κ1) is 19.8. The van der Waals surface area contributed by atoms with Gasteiger partial charge in [-0.3, -0.25) is 9.59 Å². The number of pyridine rings is 1. The quantitative estimate of drug-likeness (QED) is 0.709. The van der Waals surface area contributed by atoms with Gasteiger partial charge in [-0.05, 0) is 42.7 Å². The van der Waals surface area contributed by atoms with Gasteiger partial charge in [-0.15, -0.1) is 0 Å². The average Bonchev–Trinajstić information content (AvgIpc) is 3.08. The van der Waals surface area contributed by atoms with E-state index in [9.17, 15) is 9.59 Å². The number of aromatic nitrogens is 3. The molecule has 7 heteroatoms. The van der Waals surface area contributed by atoms with Crippen molar-refractivity contribution in [3.8, 4) is 5.69 Å². The molecule has 1 amide bonds. The van der Waals surface area contributed by atoms with E-state index in [4.69, 9.17) is 0 Å². The molecule has 3 aromatic rings. The topological polar surface area (TPSA) is 80.1 Å². The van der Waals surface area contributed by atoms with Gasteiger partial charge in [0.15, 0.2) is 0 Å². The molecule has 7 nitrogen and oxygen atoms in total. The van der Waals surface area contributed by atoms with E-state index in [2.05, 4.69) is 20.3 Å². The van der Waals surface area contributed by atoms with Crippen molar-refractivity contribution in [3.05, 3.63) is 82.4 Å². The van der Waals surface area contributed by atoms with Crippen LogP contribution in [-0.4, -0.2) is 33.8 Å². The van der Waals surface area contributed by atoms with Crippen LogP contribution in [0.2, 0.25) is 0 Å². The van der Waals surface area contributed by atoms with Gasteiger partial charge >= 0.3 is 0 Å². The lowest BCUT2D eigenvalue weighted by molar-refractivity contribution is 0.0944. The Morgan fingerprint density at radius 3 is 2.40 bits per heavy atom. The fourth-order valence-electron chi connectivity index (χ4n) is 3.57. The lowest BCUT2D eigenvalue weighted by Gasteiger charge is -2.21. The van der Waals surface area contributed by atoms with Crippen LogP contribution >= 0.6 is 0 Å². The molecule has 1 aromatic carbocycles. The molecule has 1 fully saturated rings. The smallest absolute Gasteiger partial charge is 0.272 e. The highest BCUT2D eigenvalue weighted by Gasteiger charge is 2.12. The molecule has 4 rings (SSSR count). The SMILES string of the molecule is O=C(NCc1ccc(N2CCCCCC2)nc1)c1ccc(=O)n(-c2ccccc2)n1. The lowest BCUT2D eigenvalue weighted by Crippen LogP contribution is -2.28. The van der Waals surface area contributed by atoms with Crippen molar-refractivity contribution < 1.29 is 4.79 Å². The molecule has 0 spiro atoms. The number of anilines is 1. The number of benzene rings is 1. The minimum Gasteiger partial charge on any atom is -0.357 e. The van der Waals surface area contributed by atoms with Crippen LogP contribution in [0.1, 0.15) is 41.7 Å². The van der Waals surface area contributed by atoms with Crippen molar-refractivity contribution in [1.82, 2.24) is 20.1 Å². The third-order valence-corrected chi connectivity index (χ3v) is 5.23. The van der Waals surface area contributed by atoms with Crippen LogP contribution in [0.4, 0.5) is 5.82 Å². The summed E-state index contributed by atoms with van der Waals surface area (Å²) in [6.45, 7) is 2.44. The zero-order valence-corrected chi connectivity index (χ0v) is 16.8. The monoisotopic (exact) mass is 403 g/mol. The first-order chi connectivity index (χ1) is 14.7. The summed E-state index contributed by atoms with van der Waals surface area (Å²) in [4.78, 5) is 31.6. The maximum absolute atomic E-state index is 12.5. The van der Waals surface area contributed by atoms with E-state index in [1.807, 2.05) is 30.3 Å². The van der Waals surface area contributed by atoms with Gasteiger partial charge in [-0.25, -0.2) is 4.98 Å². The summed E-state index contributed by atoms with van der Waals surface area (Å²) >= 11 is 0.